The number of hydrogen-bond acceptors (Lipinski definition) is 3. The van der Waals surface area contributed by atoms with Crippen molar-refractivity contribution in [1.82, 2.24) is 4.90 Å². The summed E-state index contributed by atoms with van der Waals surface area (Å²) in [6.07, 6.45) is 4.36. The minimum Gasteiger partial charge on any atom is -0.290 e. The number of piperidine rings is 1. The highest BCUT2D eigenvalue weighted by Gasteiger charge is 2.09. The molecule has 0 atom stereocenters. The van der Waals surface area contributed by atoms with Crippen molar-refractivity contribution in [1.29, 1.82) is 0 Å². The number of nitrogens with zero attached hydrogens (tertiary/aromatic N) is 1. The SMILES string of the molecule is O=[SH](=O)CN1C[CH]CCC1. The van der Waals surface area contributed by atoms with Crippen LogP contribution in [0.25, 0.3) is 0 Å². The van der Waals surface area contributed by atoms with Crippen molar-refractivity contribution in [3.05, 3.63) is 6.42 Å². The standard InChI is InChI=1S/C6H12NO2S/c8-10(9)6-7-4-2-1-3-5-7/h2,10H,1,3-6H2. The average Bonchev–Trinajstić information content (AvgIpc) is 1.88. The van der Waals surface area contributed by atoms with Crippen LogP contribution in [0.1, 0.15) is 12.8 Å². The van der Waals surface area contributed by atoms with Crippen molar-refractivity contribution in [3.8, 4) is 0 Å². The lowest BCUT2D eigenvalue weighted by molar-refractivity contribution is 0.302. The molecule has 1 saturated heterocycles. The molecule has 59 valence electrons. The van der Waals surface area contributed by atoms with E-state index in [1.165, 1.54) is 0 Å². The monoisotopic (exact) mass is 162 g/mol. The van der Waals surface area contributed by atoms with Crippen LogP contribution in [0.4, 0.5) is 0 Å². The summed E-state index contributed by atoms with van der Waals surface area (Å²) in [5.41, 5.74) is 0. The van der Waals surface area contributed by atoms with E-state index in [0.29, 0.717) is 0 Å². The van der Waals surface area contributed by atoms with Crippen LogP contribution in [0, 0.1) is 6.42 Å². The first-order chi connectivity index (χ1) is 4.79. The molecule has 1 rings (SSSR count). The van der Waals surface area contributed by atoms with Gasteiger partial charge in [0.15, 0.2) is 10.7 Å². The largest absolute Gasteiger partial charge is 0.290 e. The second-order valence-electron chi connectivity index (χ2n) is 2.48. The van der Waals surface area contributed by atoms with E-state index in [0.717, 1.165) is 25.9 Å². The summed E-state index contributed by atoms with van der Waals surface area (Å²) in [5, 5.41) is 0. The first kappa shape index (κ1) is 8.01. The third-order valence-corrected chi connectivity index (χ3v) is 2.22. The Bertz CT molecular complexity index is 153. The molecule has 0 saturated carbocycles. The number of likely N-dealkylation sites (tertiary alicyclic amines) is 1. The molecule has 1 aliphatic heterocycles. The molecule has 1 heterocycles. The number of hydrogen-bond donors (Lipinski definition) is 1. The lowest BCUT2D eigenvalue weighted by Crippen LogP contribution is -2.31. The summed E-state index contributed by atoms with van der Waals surface area (Å²) in [4.78, 5) is 1.94. The summed E-state index contributed by atoms with van der Waals surface area (Å²) in [6.45, 7) is 1.77. The van der Waals surface area contributed by atoms with Gasteiger partial charge in [0.2, 0.25) is 0 Å². The first-order valence-corrected chi connectivity index (χ1v) is 4.81. The Labute approximate surface area is 63.0 Å². The molecule has 0 aromatic heterocycles. The summed E-state index contributed by atoms with van der Waals surface area (Å²) in [7, 11) is -2.22. The summed E-state index contributed by atoms with van der Waals surface area (Å²) in [6, 6.07) is 0. The van der Waals surface area contributed by atoms with Crippen molar-refractivity contribution in [2.75, 3.05) is 19.0 Å². The maximum atomic E-state index is 10.2. The Morgan fingerprint density at radius 3 is 2.80 bits per heavy atom. The second kappa shape index (κ2) is 3.93. The summed E-state index contributed by atoms with van der Waals surface area (Å²) >= 11 is 0. The van der Waals surface area contributed by atoms with Gasteiger partial charge in [-0.25, -0.2) is 8.42 Å². The van der Waals surface area contributed by atoms with E-state index < -0.39 is 10.7 Å². The van der Waals surface area contributed by atoms with Crippen LogP contribution in [-0.2, 0) is 10.7 Å². The van der Waals surface area contributed by atoms with Crippen LogP contribution in [0.3, 0.4) is 0 Å². The van der Waals surface area contributed by atoms with E-state index >= 15 is 0 Å². The molecular weight excluding hydrogens is 150 g/mol. The van der Waals surface area contributed by atoms with Crippen LogP contribution in [-0.4, -0.2) is 32.3 Å². The van der Waals surface area contributed by atoms with E-state index in [9.17, 15) is 8.42 Å². The predicted octanol–water partition coefficient (Wildman–Crippen LogP) is -0.145. The number of thiol groups is 1. The molecular formula is C6H12NO2S. The summed E-state index contributed by atoms with van der Waals surface area (Å²) in [5.74, 6) is 0.228. The lowest BCUT2D eigenvalue weighted by atomic mass is 10.1. The van der Waals surface area contributed by atoms with Gasteiger partial charge in [0.1, 0.15) is 0 Å². The van der Waals surface area contributed by atoms with Crippen molar-refractivity contribution >= 4 is 10.7 Å². The van der Waals surface area contributed by atoms with E-state index in [4.69, 9.17) is 0 Å². The van der Waals surface area contributed by atoms with Gasteiger partial charge in [-0.2, -0.15) is 0 Å². The Balaban J connectivity index is 2.26. The third kappa shape index (κ3) is 2.66. The molecule has 4 heteroatoms. The molecule has 1 fully saturated rings. The van der Waals surface area contributed by atoms with E-state index in [1.807, 2.05) is 4.90 Å². The van der Waals surface area contributed by atoms with Crippen molar-refractivity contribution in [2.24, 2.45) is 0 Å². The van der Waals surface area contributed by atoms with Gasteiger partial charge in [-0.3, -0.25) is 4.90 Å². The fourth-order valence-electron chi connectivity index (χ4n) is 1.12. The highest BCUT2D eigenvalue weighted by molar-refractivity contribution is 7.72. The maximum Gasteiger partial charge on any atom is 0.153 e. The highest BCUT2D eigenvalue weighted by Crippen LogP contribution is 2.06. The van der Waals surface area contributed by atoms with Gasteiger partial charge in [0.05, 0.1) is 5.88 Å². The Hall–Kier alpha value is -0.0900. The molecule has 3 nitrogen and oxygen atoms in total. The zero-order valence-electron chi connectivity index (χ0n) is 5.82. The van der Waals surface area contributed by atoms with Crippen molar-refractivity contribution in [3.63, 3.8) is 0 Å². The smallest absolute Gasteiger partial charge is 0.153 e. The van der Waals surface area contributed by atoms with Gasteiger partial charge in [0, 0.05) is 6.54 Å². The molecule has 0 aromatic rings. The third-order valence-electron chi connectivity index (χ3n) is 1.59. The molecule has 1 radical (unpaired) electrons. The highest BCUT2D eigenvalue weighted by atomic mass is 32.2. The number of rotatable bonds is 2. The van der Waals surface area contributed by atoms with Gasteiger partial charge in [-0.15, -0.1) is 0 Å². The zero-order valence-corrected chi connectivity index (χ0v) is 6.72. The van der Waals surface area contributed by atoms with Crippen LogP contribution >= 0.6 is 0 Å². The van der Waals surface area contributed by atoms with Crippen molar-refractivity contribution < 1.29 is 8.42 Å². The van der Waals surface area contributed by atoms with Crippen LogP contribution in [0.2, 0.25) is 0 Å². The predicted molar refractivity (Wildman–Crippen MR) is 40.3 cm³/mol. The van der Waals surface area contributed by atoms with Gasteiger partial charge < -0.3 is 0 Å². The Morgan fingerprint density at radius 2 is 2.30 bits per heavy atom. The normalized spacial score (nSPS) is 21.7. The zero-order chi connectivity index (χ0) is 7.40. The van der Waals surface area contributed by atoms with Crippen LogP contribution in [0.5, 0.6) is 0 Å². The van der Waals surface area contributed by atoms with E-state index in [2.05, 4.69) is 6.42 Å². The fraction of sp³-hybridized carbons (Fsp3) is 0.833. The van der Waals surface area contributed by atoms with Gasteiger partial charge >= 0.3 is 0 Å². The average molecular weight is 162 g/mol. The molecule has 0 unspecified atom stereocenters. The second-order valence-corrected chi connectivity index (χ2v) is 3.43. The topological polar surface area (TPSA) is 37.4 Å². The van der Waals surface area contributed by atoms with Gasteiger partial charge in [-0.05, 0) is 25.8 Å². The minimum atomic E-state index is -2.22. The maximum absolute atomic E-state index is 10.2. The van der Waals surface area contributed by atoms with E-state index in [-0.39, 0.29) is 5.88 Å². The van der Waals surface area contributed by atoms with Gasteiger partial charge in [-0.1, -0.05) is 0 Å². The molecule has 0 aromatic carbocycles. The molecule has 0 spiro atoms. The molecule has 0 N–H and O–H groups in total. The Morgan fingerprint density at radius 1 is 1.50 bits per heavy atom. The molecule has 10 heavy (non-hydrogen) atoms. The first-order valence-electron chi connectivity index (χ1n) is 3.45. The lowest BCUT2D eigenvalue weighted by Gasteiger charge is -2.23. The minimum absolute atomic E-state index is 0.228. The fourth-order valence-corrected chi connectivity index (χ4v) is 1.70. The van der Waals surface area contributed by atoms with Crippen molar-refractivity contribution in [2.45, 2.75) is 12.8 Å². The molecule has 1 aliphatic rings. The molecule has 0 aliphatic carbocycles. The van der Waals surface area contributed by atoms with E-state index in [1.54, 1.807) is 0 Å². The summed E-state index contributed by atoms with van der Waals surface area (Å²) < 4.78 is 20.5. The Kier molecular flexibility index (Phi) is 3.15. The van der Waals surface area contributed by atoms with Crippen LogP contribution < -0.4 is 0 Å². The molecule has 0 bridgehead atoms. The van der Waals surface area contributed by atoms with Crippen LogP contribution in [0.15, 0.2) is 0 Å². The molecule has 0 amide bonds. The van der Waals surface area contributed by atoms with Gasteiger partial charge in [0.25, 0.3) is 0 Å². The quantitative estimate of drug-likeness (QED) is 0.574.